The monoisotopic (exact) mass is 290 g/mol. The van der Waals surface area contributed by atoms with E-state index in [2.05, 4.69) is 10.1 Å². The Morgan fingerprint density at radius 3 is 2.76 bits per heavy atom. The van der Waals surface area contributed by atoms with Crippen LogP contribution in [0.4, 0.5) is 0 Å². The third-order valence-electron chi connectivity index (χ3n) is 3.69. The molecular formula is C15H18N2O4. The number of ether oxygens (including phenoxy) is 2. The topological polar surface area (TPSA) is 77.6 Å². The molecule has 3 rings (SSSR count). The third-order valence-corrected chi connectivity index (χ3v) is 3.69. The molecule has 1 saturated heterocycles. The van der Waals surface area contributed by atoms with Crippen molar-refractivity contribution < 1.29 is 19.1 Å². The number of aromatic hydroxyl groups is 1. The second-order valence-electron chi connectivity index (χ2n) is 4.98. The summed E-state index contributed by atoms with van der Waals surface area (Å²) in [6, 6.07) is 6.89. The van der Waals surface area contributed by atoms with Crippen LogP contribution in [0, 0.1) is 0 Å². The number of phenolic OH excluding ortho intramolecular Hbond substituents is 1. The van der Waals surface area contributed by atoms with Gasteiger partial charge in [-0.15, -0.1) is 0 Å². The molecule has 2 heterocycles. The van der Waals surface area contributed by atoms with Gasteiger partial charge in [0, 0.05) is 32.7 Å². The molecule has 0 amide bonds. The van der Waals surface area contributed by atoms with Crippen LogP contribution in [-0.2, 0) is 15.1 Å². The maximum atomic E-state index is 9.87. The quantitative estimate of drug-likeness (QED) is 0.932. The van der Waals surface area contributed by atoms with Crippen LogP contribution in [0.5, 0.6) is 5.75 Å². The van der Waals surface area contributed by atoms with Crippen molar-refractivity contribution in [1.82, 2.24) is 10.1 Å². The molecule has 0 saturated carbocycles. The number of aromatic nitrogens is 2. The summed E-state index contributed by atoms with van der Waals surface area (Å²) in [7, 11) is 0. The fourth-order valence-electron chi connectivity index (χ4n) is 2.58. The number of rotatable bonds is 4. The highest BCUT2D eigenvalue weighted by molar-refractivity contribution is 5.61. The van der Waals surface area contributed by atoms with Crippen LogP contribution < -0.4 is 0 Å². The van der Waals surface area contributed by atoms with E-state index >= 15 is 0 Å². The molecule has 1 fully saturated rings. The first-order valence-corrected chi connectivity index (χ1v) is 7.09. The Morgan fingerprint density at radius 1 is 1.29 bits per heavy atom. The summed E-state index contributed by atoms with van der Waals surface area (Å²) in [5.74, 6) is 0.935. The number of phenols is 1. The van der Waals surface area contributed by atoms with E-state index in [0.717, 1.165) is 0 Å². The number of nitrogens with zero attached hydrogens (tertiary/aromatic N) is 2. The van der Waals surface area contributed by atoms with Crippen molar-refractivity contribution >= 4 is 0 Å². The molecule has 112 valence electrons. The summed E-state index contributed by atoms with van der Waals surface area (Å²) in [6.07, 6.45) is 1.39. The molecule has 1 aromatic heterocycles. The molecule has 1 aliphatic rings. The van der Waals surface area contributed by atoms with E-state index < -0.39 is 5.60 Å². The van der Waals surface area contributed by atoms with Gasteiger partial charge in [0.25, 0.3) is 5.89 Å². The third kappa shape index (κ3) is 2.64. The van der Waals surface area contributed by atoms with Gasteiger partial charge in [-0.2, -0.15) is 4.98 Å². The first-order chi connectivity index (χ1) is 10.2. The first-order valence-electron chi connectivity index (χ1n) is 7.09. The van der Waals surface area contributed by atoms with Gasteiger partial charge in [-0.1, -0.05) is 17.3 Å². The Hall–Kier alpha value is -1.92. The predicted octanol–water partition coefficient (Wildman–Crippen LogP) is 2.48. The maximum Gasteiger partial charge on any atom is 0.261 e. The molecule has 0 aliphatic carbocycles. The largest absolute Gasteiger partial charge is 0.507 e. The van der Waals surface area contributed by atoms with Crippen molar-refractivity contribution in [2.24, 2.45) is 0 Å². The van der Waals surface area contributed by atoms with Gasteiger partial charge in [-0.05, 0) is 19.1 Å². The maximum absolute atomic E-state index is 9.87. The molecular weight excluding hydrogens is 272 g/mol. The van der Waals surface area contributed by atoms with E-state index in [0.29, 0.717) is 49.9 Å². The van der Waals surface area contributed by atoms with E-state index in [-0.39, 0.29) is 5.75 Å². The molecule has 0 atom stereocenters. The van der Waals surface area contributed by atoms with Crippen LogP contribution in [0.15, 0.2) is 28.8 Å². The molecule has 0 unspecified atom stereocenters. The zero-order chi connectivity index (χ0) is 14.7. The SMILES string of the molecule is CCOC1(c2noc(-c3ccccc3O)n2)CCOCC1. The van der Waals surface area contributed by atoms with Crippen LogP contribution in [0.25, 0.3) is 11.5 Å². The summed E-state index contributed by atoms with van der Waals surface area (Å²) in [4.78, 5) is 4.44. The summed E-state index contributed by atoms with van der Waals surface area (Å²) in [5.41, 5.74) is -0.0333. The Labute approximate surface area is 122 Å². The van der Waals surface area contributed by atoms with Crippen LogP contribution in [-0.4, -0.2) is 35.1 Å². The fraction of sp³-hybridized carbons (Fsp3) is 0.467. The first kappa shape index (κ1) is 14.0. The molecule has 0 radical (unpaired) electrons. The Morgan fingerprint density at radius 2 is 2.05 bits per heavy atom. The summed E-state index contributed by atoms with van der Waals surface area (Å²) in [6.45, 7) is 3.74. The Balaban J connectivity index is 1.94. The average Bonchev–Trinajstić information content (AvgIpc) is 2.99. The molecule has 1 N–H and O–H groups in total. The second-order valence-corrected chi connectivity index (χ2v) is 4.98. The highest BCUT2D eigenvalue weighted by atomic mass is 16.5. The van der Waals surface area contributed by atoms with Crippen LogP contribution in [0.1, 0.15) is 25.6 Å². The lowest BCUT2D eigenvalue weighted by atomic mass is 9.93. The van der Waals surface area contributed by atoms with Gasteiger partial charge in [0.15, 0.2) is 0 Å². The van der Waals surface area contributed by atoms with E-state index in [9.17, 15) is 5.11 Å². The van der Waals surface area contributed by atoms with E-state index in [4.69, 9.17) is 14.0 Å². The summed E-state index contributed by atoms with van der Waals surface area (Å²) in [5, 5.41) is 13.9. The van der Waals surface area contributed by atoms with Gasteiger partial charge >= 0.3 is 0 Å². The lowest BCUT2D eigenvalue weighted by molar-refractivity contribution is -0.118. The summed E-state index contributed by atoms with van der Waals surface area (Å²) >= 11 is 0. The number of hydrogen-bond donors (Lipinski definition) is 1. The van der Waals surface area contributed by atoms with Crippen molar-refractivity contribution in [2.45, 2.75) is 25.4 Å². The van der Waals surface area contributed by atoms with Crippen molar-refractivity contribution in [3.63, 3.8) is 0 Å². The number of para-hydroxylation sites is 1. The number of benzene rings is 1. The molecule has 0 bridgehead atoms. The molecule has 21 heavy (non-hydrogen) atoms. The zero-order valence-corrected chi connectivity index (χ0v) is 11.9. The lowest BCUT2D eigenvalue weighted by Gasteiger charge is -2.33. The zero-order valence-electron chi connectivity index (χ0n) is 11.9. The molecule has 2 aromatic rings. The Bertz CT molecular complexity index is 600. The minimum atomic E-state index is -0.556. The minimum Gasteiger partial charge on any atom is -0.507 e. The molecule has 6 nitrogen and oxygen atoms in total. The van der Waals surface area contributed by atoms with Crippen molar-refractivity contribution in [2.75, 3.05) is 19.8 Å². The van der Waals surface area contributed by atoms with Gasteiger partial charge in [-0.25, -0.2) is 0 Å². The lowest BCUT2D eigenvalue weighted by Crippen LogP contribution is -2.37. The van der Waals surface area contributed by atoms with Crippen molar-refractivity contribution in [3.8, 4) is 17.2 Å². The van der Waals surface area contributed by atoms with E-state index in [1.54, 1.807) is 18.2 Å². The second kappa shape index (κ2) is 5.83. The van der Waals surface area contributed by atoms with Gasteiger partial charge in [0.05, 0.1) is 5.56 Å². The average molecular weight is 290 g/mol. The van der Waals surface area contributed by atoms with Crippen molar-refractivity contribution in [1.29, 1.82) is 0 Å². The highest BCUT2D eigenvalue weighted by Gasteiger charge is 2.40. The fourth-order valence-corrected chi connectivity index (χ4v) is 2.58. The Kier molecular flexibility index (Phi) is 3.90. The minimum absolute atomic E-state index is 0.116. The molecule has 6 heteroatoms. The highest BCUT2D eigenvalue weighted by Crippen LogP contribution is 2.36. The van der Waals surface area contributed by atoms with Gasteiger partial charge in [0.1, 0.15) is 11.4 Å². The van der Waals surface area contributed by atoms with Crippen molar-refractivity contribution in [3.05, 3.63) is 30.1 Å². The normalized spacial score (nSPS) is 17.8. The number of hydrogen-bond acceptors (Lipinski definition) is 6. The van der Waals surface area contributed by atoms with Gasteiger partial charge < -0.3 is 19.1 Å². The van der Waals surface area contributed by atoms with Gasteiger partial charge in [-0.3, -0.25) is 0 Å². The predicted molar refractivity (Wildman–Crippen MR) is 74.8 cm³/mol. The smallest absolute Gasteiger partial charge is 0.261 e. The molecule has 1 aromatic carbocycles. The van der Waals surface area contributed by atoms with Crippen LogP contribution >= 0.6 is 0 Å². The van der Waals surface area contributed by atoms with Crippen LogP contribution in [0.3, 0.4) is 0 Å². The van der Waals surface area contributed by atoms with E-state index in [1.165, 1.54) is 0 Å². The molecule has 0 spiro atoms. The van der Waals surface area contributed by atoms with Gasteiger partial charge in [0.2, 0.25) is 5.82 Å². The summed E-state index contributed by atoms with van der Waals surface area (Å²) < 4.78 is 16.6. The molecule has 1 aliphatic heterocycles. The van der Waals surface area contributed by atoms with E-state index in [1.807, 2.05) is 13.0 Å². The standard InChI is InChI=1S/C15H18N2O4/c1-2-20-15(7-9-19-10-8-15)14-16-13(21-17-14)11-5-3-4-6-12(11)18/h3-6,18H,2,7-10H2,1H3. The van der Waals surface area contributed by atoms with Crippen LogP contribution in [0.2, 0.25) is 0 Å².